The van der Waals surface area contributed by atoms with E-state index in [2.05, 4.69) is 12.1 Å². The molecule has 3 heterocycles. The number of hydrogen-bond acceptors (Lipinski definition) is 3. The van der Waals surface area contributed by atoms with Crippen LogP contribution in [0.3, 0.4) is 0 Å². The molecule has 108 valence electrons. The molecule has 0 aliphatic carbocycles. The first kappa shape index (κ1) is 14.1. The van der Waals surface area contributed by atoms with Crippen molar-refractivity contribution in [1.29, 1.82) is 0 Å². The van der Waals surface area contributed by atoms with Crippen LogP contribution in [-0.4, -0.2) is 15.4 Å². The molecular weight excluding hydrogens is 300 g/mol. The van der Waals surface area contributed by atoms with Crippen LogP contribution in [0.5, 0.6) is 0 Å². The van der Waals surface area contributed by atoms with Gasteiger partial charge in [-0.2, -0.15) is 0 Å². The van der Waals surface area contributed by atoms with Crippen molar-refractivity contribution >= 4 is 28.6 Å². The molecule has 0 radical (unpaired) electrons. The number of aromatic nitrogens is 1. The van der Waals surface area contributed by atoms with Gasteiger partial charge in [-0.15, -0.1) is 22.7 Å². The average molecular weight is 316 g/mol. The quantitative estimate of drug-likeness (QED) is 0.698. The lowest BCUT2D eigenvalue weighted by molar-refractivity contribution is 0.0724. The van der Waals surface area contributed by atoms with Crippen LogP contribution in [0.1, 0.15) is 20.2 Å². The number of nitrogens with zero attached hydrogens (tertiary/aromatic N) is 2. The molecule has 0 unspecified atom stereocenters. The zero-order chi connectivity index (χ0) is 14.7. The van der Waals surface area contributed by atoms with Crippen molar-refractivity contribution in [3.05, 3.63) is 68.8 Å². The van der Waals surface area contributed by atoms with E-state index in [9.17, 15) is 4.79 Å². The standard InChI is InChI=1S/C16H16N2OS2/c1-17-8-2-7-15(17)16(19)18(11-13-5-3-9-20-13)12-14-6-4-10-21-14/h2-10H,11-12H2,1H3. The van der Waals surface area contributed by atoms with Gasteiger partial charge in [-0.25, -0.2) is 0 Å². The van der Waals surface area contributed by atoms with E-state index in [-0.39, 0.29) is 5.91 Å². The second-order valence-corrected chi connectivity index (χ2v) is 6.89. The fourth-order valence-corrected chi connectivity index (χ4v) is 3.66. The molecule has 0 fully saturated rings. The average Bonchev–Trinajstić information content (AvgIpc) is 3.19. The summed E-state index contributed by atoms with van der Waals surface area (Å²) >= 11 is 3.37. The summed E-state index contributed by atoms with van der Waals surface area (Å²) < 4.78 is 1.87. The Morgan fingerprint density at radius 3 is 2.10 bits per heavy atom. The number of amides is 1. The van der Waals surface area contributed by atoms with Gasteiger partial charge in [0.15, 0.2) is 0 Å². The fraction of sp³-hybridized carbons (Fsp3) is 0.188. The van der Waals surface area contributed by atoms with E-state index >= 15 is 0 Å². The Morgan fingerprint density at radius 1 is 1.05 bits per heavy atom. The third-order valence-electron chi connectivity index (χ3n) is 3.30. The van der Waals surface area contributed by atoms with Crippen molar-refractivity contribution in [3.8, 4) is 0 Å². The van der Waals surface area contributed by atoms with E-state index in [0.29, 0.717) is 13.1 Å². The zero-order valence-electron chi connectivity index (χ0n) is 11.7. The van der Waals surface area contributed by atoms with Gasteiger partial charge in [-0.05, 0) is 35.0 Å². The maximum absolute atomic E-state index is 12.8. The monoisotopic (exact) mass is 316 g/mol. The normalized spacial score (nSPS) is 10.7. The molecule has 5 heteroatoms. The zero-order valence-corrected chi connectivity index (χ0v) is 13.4. The summed E-state index contributed by atoms with van der Waals surface area (Å²) in [5, 5.41) is 4.09. The molecule has 0 atom stereocenters. The highest BCUT2D eigenvalue weighted by Gasteiger charge is 2.19. The van der Waals surface area contributed by atoms with Gasteiger partial charge in [-0.3, -0.25) is 4.79 Å². The Hall–Kier alpha value is -1.85. The molecular formula is C16H16N2OS2. The molecule has 3 nitrogen and oxygen atoms in total. The van der Waals surface area contributed by atoms with Gasteiger partial charge in [0.1, 0.15) is 5.69 Å². The van der Waals surface area contributed by atoms with Gasteiger partial charge in [0, 0.05) is 23.0 Å². The molecule has 0 N–H and O–H groups in total. The largest absolute Gasteiger partial charge is 0.347 e. The summed E-state index contributed by atoms with van der Waals surface area (Å²) in [4.78, 5) is 17.1. The highest BCUT2D eigenvalue weighted by molar-refractivity contribution is 7.10. The summed E-state index contributed by atoms with van der Waals surface area (Å²) in [5.74, 6) is 0.0734. The number of rotatable bonds is 5. The van der Waals surface area contributed by atoms with Crippen molar-refractivity contribution in [2.24, 2.45) is 7.05 Å². The van der Waals surface area contributed by atoms with Crippen molar-refractivity contribution in [1.82, 2.24) is 9.47 Å². The van der Waals surface area contributed by atoms with Gasteiger partial charge >= 0.3 is 0 Å². The molecule has 3 aromatic rings. The van der Waals surface area contributed by atoms with Gasteiger partial charge in [0.2, 0.25) is 0 Å². The number of thiophene rings is 2. The van der Waals surface area contributed by atoms with Crippen LogP contribution in [0.15, 0.2) is 53.4 Å². The van der Waals surface area contributed by atoms with Crippen LogP contribution in [-0.2, 0) is 20.1 Å². The second kappa shape index (κ2) is 6.28. The van der Waals surface area contributed by atoms with E-state index in [0.717, 1.165) is 5.69 Å². The maximum Gasteiger partial charge on any atom is 0.271 e. The highest BCUT2D eigenvalue weighted by atomic mass is 32.1. The smallest absolute Gasteiger partial charge is 0.271 e. The van der Waals surface area contributed by atoms with Crippen LogP contribution in [0, 0.1) is 0 Å². The summed E-state index contributed by atoms with van der Waals surface area (Å²) in [7, 11) is 1.90. The van der Waals surface area contributed by atoms with Crippen LogP contribution >= 0.6 is 22.7 Å². The van der Waals surface area contributed by atoms with Crippen LogP contribution in [0.2, 0.25) is 0 Å². The van der Waals surface area contributed by atoms with Gasteiger partial charge < -0.3 is 9.47 Å². The molecule has 0 saturated carbocycles. The maximum atomic E-state index is 12.8. The summed E-state index contributed by atoms with van der Waals surface area (Å²) in [5.41, 5.74) is 0.725. The second-order valence-electron chi connectivity index (χ2n) is 4.82. The summed E-state index contributed by atoms with van der Waals surface area (Å²) in [6.45, 7) is 1.30. The molecule has 0 aromatic carbocycles. The van der Waals surface area contributed by atoms with Crippen molar-refractivity contribution in [3.63, 3.8) is 0 Å². The minimum absolute atomic E-state index is 0.0734. The Bertz CT molecular complexity index is 662. The number of aryl methyl sites for hydroxylation is 1. The number of carbonyl (C=O) groups excluding carboxylic acids is 1. The van der Waals surface area contributed by atoms with Gasteiger partial charge in [0.25, 0.3) is 5.91 Å². The minimum atomic E-state index is 0.0734. The third kappa shape index (κ3) is 3.25. The lowest BCUT2D eigenvalue weighted by Gasteiger charge is -2.22. The predicted octanol–water partition coefficient (Wildman–Crippen LogP) is 3.99. The molecule has 0 saturated heterocycles. The van der Waals surface area contributed by atoms with Gasteiger partial charge in [-0.1, -0.05) is 12.1 Å². The molecule has 0 aliphatic rings. The lowest BCUT2D eigenvalue weighted by Crippen LogP contribution is -2.30. The molecule has 3 rings (SSSR count). The van der Waals surface area contributed by atoms with Crippen LogP contribution in [0.4, 0.5) is 0 Å². The third-order valence-corrected chi connectivity index (χ3v) is 5.03. The molecule has 0 bridgehead atoms. The van der Waals surface area contributed by atoms with E-state index < -0.39 is 0 Å². The minimum Gasteiger partial charge on any atom is -0.347 e. The molecule has 3 aromatic heterocycles. The Labute approximate surface area is 132 Å². The fourth-order valence-electron chi connectivity index (χ4n) is 2.23. The number of hydrogen-bond donors (Lipinski definition) is 0. The summed E-state index contributed by atoms with van der Waals surface area (Å²) in [6.07, 6.45) is 1.90. The summed E-state index contributed by atoms with van der Waals surface area (Å²) in [6, 6.07) is 12.0. The van der Waals surface area contributed by atoms with Crippen molar-refractivity contribution in [2.45, 2.75) is 13.1 Å². The van der Waals surface area contributed by atoms with E-state index in [4.69, 9.17) is 0 Å². The molecule has 0 aliphatic heterocycles. The van der Waals surface area contributed by atoms with Crippen LogP contribution in [0.25, 0.3) is 0 Å². The Kier molecular flexibility index (Phi) is 4.22. The SMILES string of the molecule is Cn1cccc1C(=O)N(Cc1cccs1)Cc1cccs1. The van der Waals surface area contributed by atoms with Gasteiger partial charge in [0.05, 0.1) is 13.1 Å². The highest BCUT2D eigenvalue weighted by Crippen LogP contribution is 2.19. The number of carbonyl (C=O) groups is 1. The molecule has 21 heavy (non-hydrogen) atoms. The first-order valence-electron chi connectivity index (χ1n) is 6.69. The topological polar surface area (TPSA) is 25.2 Å². The first-order chi connectivity index (χ1) is 10.2. The van der Waals surface area contributed by atoms with E-state index in [1.165, 1.54) is 9.75 Å². The molecule has 1 amide bonds. The van der Waals surface area contributed by atoms with E-state index in [1.54, 1.807) is 22.7 Å². The van der Waals surface area contributed by atoms with Crippen molar-refractivity contribution in [2.75, 3.05) is 0 Å². The molecule has 0 spiro atoms. The first-order valence-corrected chi connectivity index (χ1v) is 8.45. The van der Waals surface area contributed by atoms with E-state index in [1.807, 2.05) is 57.7 Å². The Morgan fingerprint density at radius 2 is 1.67 bits per heavy atom. The van der Waals surface area contributed by atoms with Crippen molar-refractivity contribution < 1.29 is 4.79 Å². The van der Waals surface area contributed by atoms with Crippen LogP contribution < -0.4 is 0 Å². The Balaban J connectivity index is 1.84. The predicted molar refractivity (Wildman–Crippen MR) is 87.6 cm³/mol. The lowest BCUT2D eigenvalue weighted by atomic mass is 10.3.